The zero-order valence-corrected chi connectivity index (χ0v) is 19.2. The number of anilines is 3. The van der Waals surface area contributed by atoms with Crippen LogP contribution in [0.4, 0.5) is 22.2 Å². The molecule has 0 atom stereocenters. The summed E-state index contributed by atoms with van der Waals surface area (Å²) in [5.41, 5.74) is 1.44. The molecule has 1 aliphatic heterocycles. The molecule has 32 heavy (non-hydrogen) atoms. The second-order valence-electron chi connectivity index (χ2n) is 7.46. The van der Waals surface area contributed by atoms with E-state index in [9.17, 15) is 4.79 Å². The molecule has 0 unspecified atom stereocenters. The van der Waals surface area contributed by atoms with Gasteiger partial charge in [-0.1, -0.05) is 0 Å². The van der Waals surface area contributed by atoms with Crippen molar-refractivity contribution in [2.24, 2.45) is 0 Å². The molecule has 2 amide bonds. The van der Waals surface area contributed by atoms with Crippen LogP contribution in [-0.4, -0.2) is 63.5 Å². The Bertz CT molecular complexity index is 892. The van der Waals surface area contributed by atoms with Crippen LogP contribution < -0.4 is 35.1 Å². The Balaban J connectivity index is 1.51. The van der Waals surface area contributed by atoms with E-state index in [0.29, 0.717) is 42.0 Å². The number of hydrogen-bond donors (Lipinski definition) is 3. The highest BCUT2D eigenvalue weighted by atomic mass is 16.5. The third kappa shape index (κ3) is 6.05. The molecule has 3 N–H and O–H groups in total. The van der Waals surface area contributed by atoms with Gasteiger partial charge in [-0.25, -0.2) is 9.78 Å². The van der Waals surface area contributed by atoms with Crippen molar-refractivity contribution in [1.29, 1.82) is 0 Å². The number of carbonyl (C=O) groups is 1. The Hall–Kier alpha value is -3.43. The maximum absolute atomic E-state index is 12.3. The van der Waals surface area contributed by atoms with Gasteiger partial charge in [-0.3, -0.25) is 0 Å². The molecule has 0 saturated carbocycles. The largest absolute Gasteiger partial charge is 0.493 e. The average Bonchev–Trinajstić information content (AvgIpc) is 2.81. The number of ether oxygens (including phenoxy) is 3. The summed E-state index contributed by atoms with van der Waals surface area (Å²) in [4.78, 5) is 23.7. The second-order valence-corrected chi connectivity index (χ2v) is 7.46. The van der Waals surface area contributed by atoms with Gasteiger partial charge in [0.25, 0.3) is 0 Å². The van der Waals surface area contributed by atoms with E-state index in [1.165, 1.54) is 40.6 Å². The van der Waals surface area contributed by atoms with Crippen LogP contribution in [0.3, 0.4) is 0 Å². The molecule has 1 aromatic heterocycles. The zero-order chi connectivity index (χ0) is 22.9. The van der Waals surface area contributed by atoms with E-state index in [0.717, 1.165) is 24.6 Å². The number of amides is 2. The molecule has 174 valence electrons. The minimum absolute atomic E-state index is 0.347. The van der Waals surface area contributed by atoms with Gasteiger partial charge in [0.2, 0.25) is 11.7 Å². The molecule has 2 aromatic rings. The average molecular weight is 445 g/mol. The number of rotatable bonds is 9. The fourth-order valence-electron chi connectivity index (χ4n) is 3.59. The molecule has 0 aliphatic carbocycles. The topological polar surface area (TPSA) is 110 Å². The number of nitrogens with one attached hydrogen (secondary N) is 3. The van der Waals surface area contributed by atoms with Crippen molar-refractivity contribution in [2.75, 3.05) is 63.0 Å². The van der Waals surface area contributed by atoms with Crippen molar-refractivity contribution < 1.29 is 19.0 Å². The van der Waals surface area contributed by atoms with Crippen molar-refractivity contribution in [3.8, 4) is 17.2 Å². The second kappa shape index (κ2) is 11.3. The molecule has 10 heteroatoms. The minimum Gasteiger partial charge on any atom is -0.493 e. The van der Waals surface area contributed by atoms with Crippen LogP contribution in [0.1, 0.15) is 25.0 Å². The molecule has 2 heterocycles. The van der Waals surface area contributed by atoms with Crippen molar-refractivity contribution in [2.45, 2.75) is 26.2 Å². The summed E-state index contributed by atoms with van der Waals surface area (Å²) in [6, 6.07) is 5.00. The van der Waals surface area contributed by atoms with Crippen molar-refractivity contribution in [1.82, 2.24) is 15.3 Å². The fraction of sp³-hybridized carbons (Fsp3) is 0.500. The van der Waals surface area contributed by atoms with Crippen LogP contribution in [0.25, 0.3) is 0 Å². The number of piperidine rings is 1. The summed E-state index contributed by atoms with van der Waals surface area (Å²) in [5.74, 6) is 2.91. The predicted molar refractivity (Wildman–Crippen MR) is 124 cm³/mol. The fourth-order valence-corrected chi connectivity index (χ4v) is 3.59. The molecule has 10 nitrogen and oxygen atoms in total. The van der Waals surface area contributed by atoms with E-state index in [2.05, 4.69) is 30.8 Å². The van der Waals surface area contributed by atoms with E-state index < -0.39 is 0 Å². The number of methoxy groups -OCH3 is 3. The van der Waals surface area contributed by atoms with Gasteiger partial charge in [0.1, 0.15) is 5.82 Å². The molecule has 0 spiro atoms. The molecule has 1 fully saturated rings. The first kappa shape index (κ1) is 23.2. The molecular weight excluding hydrogens is 412 g/mol. The number of benzene rings is 1. The lowest BCUT2D eigenvalue weighted by molar-refractivity contribution is 0.252. The summed E-state index contributed by atoms with van der Waals surface area (Å²) in [5, 5.41) is 8.77. The normalized spacial score (nSPS) is 13.3. The van der Waals surface area contributed by atoms with Gasteiger partial charge in [0.15, 0.2) is 11.5 Å². The third-order valence-electron chi connectivity index (χ3n) is 5.14. The summed E-state index contributed by atoms with van der Waals surface area (Å²) in [7, 11) is 4.58. The van der Waals surface area contributed by atoms with Crippen LogP contribution in [0.2, 0.25) is 0 Å². The van der Waals surface area contributed by atoms with Gasteiger partial charge in [0, 0.05) is 50.1 Å². The van der Waals surface area contributed by atoms with Crippen molar-refractivity contribution in [3.63, 3.8) is 0 Å². The molecule has 0 radical (unpaired) electrons. The van der Waals surface area contributed by atoms with E-state index >= 15 is 0 Å². The van der Waals surface area contributed by atoms with E-state index in [1.807, 2.05) is 13.0 Å². The summed E-state index contributed by atoms with van der Waals surface area (Å²) < 4.78 is 15.9. The van der Waals surface area contributed by atoms with Gasteiger partial charge in [-0.05, 0) is 26.2 Å². The lowest BCUT2D eigenvalue weighted by Gasteiger charge is -2.28. The molecule has 1 saturated heterocycles. The first-order valence-corrected chi connectivity index (χ1v) is 10.7. The van der Waals surface area contributed by atoms with Crippen LogP contribution >= 0.6 is 0 Å². The predicted octanol–water partition coefficient (Wildman–Crippen LogP) is 3.03. The Kier molecular flexibility index (Phi) is 8.18. The van der Waals surface area contributed by atoms with Crippen molar-refractivity contribution >= 4 is 23.5 Å². The molecule has 1 aliphatic rings. The van der Waals surface area contributed by atoms with Gasteiger partial charge < -0.3 is 35.1 Å². The Labute approximate surface area is 188 Å². The lowest BCUT2D eigenvalue weighted by atomic mass is 10.1. The lowest BCUT2D eigenvalue weighted by Crippen LogP contribution is -2.33. The summed E-state index contributed by atoms with van der Waals surface area (Å²) in [6.45, 7) is 4.90. The molecule has 0 bridgehead atoms. The first-order chi connectivity index (χ1) is 15.5. The van der Waals surface area contributed by atoms with Crippen LogP contribution in [-0.2, 0) is 0 Å². The quantitative estimate of drug-likeness (QED) is 0.506. The van der Waals surface area contributed by atoms with E-state index in [1.54, 1.807) is 12.1 Å². The van der Waals surface area contributed by atoms with Gasteiger partial charge in [-0.2, -0.15) is 4.98 Å². The number of carbonyl (C=O) groups excluding carboxylic acids is 1. The number of nitrogens with zero attached hydrogens (tertiary/aromatic N) is 3. The summed E-state index contributed by atoms with van der Waals surface area (Å²) >= 11 is 0. The first-order valence-electron chi connectivity index (χ1n) is 10.7. The number of aryl methyl sites for hydroxylation is 1. The highest BCUT2D eigenvalue weighted by Crippen LogP contribution is 2.39. The Morgan fingerprint density at radius 1 is 0.969 bits per heavy atom. The van der Waals surface area contributed by atoms with Crippen molar-refractivity contribution in [3.05, 3.63) is 23.9 Å². The smallest absolute Gasteiger partial charge is 0.319 e. The maximum atomic E-state index is 12.3. The molecule has 1 aromatic carbocycles. The number of urea groups is 1. The van der Waals surface area contributed by atoms with Gasteiger partial charge >= 0.3 is 6.03 Å². The maximum Gasteiger partial charge on any atom is 0.319 e. The molecular formula is C22H32N6O4. The van der Waals surface area contributed by atoms with Crippen LogP contribution in [0, 0.1) is 6.92 Å². The zero-order valence-electron chi connectivity index (χ0n) is 19.2. The standard InChI is InChI=1S/C22H32N6O4/c1-15-12-19(28-10-6-5-7-11-28)27-21(25-15)23-8-9-24-22(29)26-16-13-17(30-2)20(32-4)18(14-16)31-3/h12-14H,5-11H2,1-4H3,(H,23,25,27)(H2,24,26,29). The Morgan fingerprint density at radius 2 is 1.66 bits per heavy atom. The monoisotopic (exact) mass is 444 g/mol. The minimum atomic E-state index is -0.347. The molecule has 3 rings (SSSR count). The Morgan fingerprint density at radius 3 is 2.28 bits per heavy atom. The number of hydrogen-bond acceptors (Lipinski definition) is 8. The third-order valence-corrected chi connectivity index (χ3v) is 5.14. The summed E-state index contributed by atoms with van der Waals surface area (Å²) in [6.07, 6.45) is 3.66. The van der Waals surface area contributed by atoms with E-state index in [-0.39, 0.29) is 6.03 Å². The number of aromatic nitrogens is 2. The van der Waals surface area contributed by atoms with Gasteiger partial charge in [-0.15, -0.1) is 0 Å². The highest BCUT2D eigenvalue weighted by Gasteiger charge is 2.15. The van der Waals surface area contributed by atoms with Crippen LogP contribution in [0.15, 0.2) is 18.2 Å². The highest BCUT2D eigenvalue weighted by molar-refractivity contribution is 5.90. The van der Waals surface area contributed by atoms with E-state index in [4.69, 9.17) is 14.2 Å². The van der Waals surface area contributed by atoms with Gasteiger partial charge in [0.05, 0.1) is 27.0 Å². The SMILES string of the molecule is COc1cc(NC(=O)NCCNc2nc(C)cc(N3CCCCC3)n2)cc(OC)c1OC. The van der Waals surface area contributed by atoms with Crippen LogP contribution in [0.5, 0.6) is 17.2 Å².